The summed E-state index contributed by atoms with van der Waals surface area (Å²) in [4.78, 5) is 21.7. The fourth-order valence-electron chi connectivity index (χ4n) is 1.61. The third kappa shape index (κ3) is 3.83. The van der Waals surface area contributed by atoms with Gasteiger partial charge in [0.05, 0.1) is 9.95 Å². The van der Waals surface area contributed by atoms with E-state index in [0.717, 1.165) is 12.1 Å². The number of nitro benzene ring substituents is 1. The van der Waals surface area contributed by atoms with E-state index in [2.05, 4.69) is 0 Å². The molecule has 2 rings (SSSR count). The predicted molar refractivity (Wildman–Crippen MR) is 80.9 cm³/mol. The normalized spacial score (nSPS) is 10.6. The molecule has 0 radical (unpaired) electrons. The molecule has 0 amide bonds. The Kier molecular flexibility index (Phi) is 4.75. The number of para-hydroxylation sites is 1. The Morgan fingerprint density at radius 1 is 1.27 bits per heavy atom. The van der Waals surface area contributed by atoms with E-state index >= 15 is 0 Å². The molecule has 0 saturated heterocycles. The number of esters is 1. The number of benzene rings is 2. The third-order valence-electron chi connectivity index (χ3n) is 2.67. The molecule has 0 spiro atoms. The number of hydrogen-bond acceptors (Lipinski definition) is 5. The van der Waals surface area contributed by atoms with Gasteiger partial charge in [-0.1, -0.05) is 29.8 Å². The zero-order valence-corrected chi connectivity index (χ0v) is 11.9. The molecular weight excluding hydrogens is 310 g/mol. The molecule has 6 nitrogen and oxygen atoms in total. The van der Waals surface area contributed by atoms with Crippen LogP contribution in [0.5, 0.6) is 11.5 Å². The van der Waals surface area contributed by atoms with Crippen LogP contribution >= 0.6 is 11.6 Å². The monoisotopic (exact) mass is 319 g/mol. The van der Waals surface area contributed by atoms with Crippen molar-refractivity contribution in [2.24, 2.45) is 0 Å². The first kappa shape index (κ1) is 15.5. The van der Waals surface area contributed by atoms with Crippen LogP contribution in [0.1, 0.15) is 5.56 Å². The Bertz CT molecular complexity index is 757. The fraction of sp³-hybridized carbons (Fsp3) is 0. The number of carbonyl (C=O) groups excluding carboxylic acids is 1. The Morgan fingerprint density at radius 2 is 2.00 bits per heavy atom. The molecule has 7 heteroatoms. The maximum Gasteiger partial charge on any atom is 0.336 e. The van der Waals surface area contributed by atoms with Crippen molar-refractivity contribution in [3.63, 3.8) is 0 Å². The van der Waals surface area contributed by atoms with Crippen LogP contribution in [0, 0.1) is 10.1 Å². The zero-order valence-electron chi connectivity index (χ0n) is 11.1. The molecule has 0 atom stereocenters. The Balaban J connectivity index is 2.09. The van der Waals surface area contributed by atoms with Crippen LogP contribution in [0.4, 0.5) is 5.69 Å². The van der Waals surface area contributed by atoms with Gasteiger partial charge in [-0.05, 0) is 18.2 Å². The lowest BCUT2D eigenvalue weighted by Crippen LogP contribution is -2.04. The SMILES string of the molecule is O=C(/C=C/c1ccccc1O)Oc1ccc([N+](=O)[O-])cc1Cl. The summed E-state index contributed by atoms with van der Waals surface area (Å²) in [6, 6.07) is 9.99. The minimum absolute atomic E-state index is 0.0131. The molecule has 0 aliphatic heterocycles. The highest BCUT2D eigenvalue weighted by Gasteiger charge is 2.12. The number of halogens is 1. The number of phenols is 1. The quantitative estimate of drug-likeness (QED) is 0.306. The second-order valence-corrected chi connectivity index (χ2v) is 4.59. The van der Waals surface area contributed by atoms with Crippen molar-refractivity contribution in [1.29, 1.82) is 0 Å². The van der Waals surface area contributed by atoms with E-state index < -0.39 is 10.9 Å². The standard InChI is InChI=1S/C15H10ClNO5/c16-12-9-11(17(20)21)6-7-14(12)22-15(19)8-5-10-3-1-2-4-13(10)18/h1-9,18H/b8-5+. The van der Waals surface area contributed by atoms with E-state index in [4.69, 9.17) is 16.3 Å². The van der Waals surface area contributed by atoms with E-state index in [1.54, 1.807) is 18.2 Å². The van der Waals surface area contributed by atoms with Gasteiger partial charge in [0.15, 0.2) is 0 Å². The average molecular weight is 320 g/mol. The number of rotatable bonds is 4. The molecule has 0 aromatic heterocycles. The summed E-state index contributed by atoms with van der Waals surface area (Å²) in [6.45, 7) is 0. The second-order valence-electron chi connectivity index (χ2n) is 4.19. The number of carbonyl (C=O) groups is 1. The van der Waals surface area contributed by atoms with Crippen molar-refractivity contribution in [2.45, 2.75) is 0 Å². The van der Waals surface area contributed by atoms with Crippen molar-refractivity contribution in [3.8, 4) is 11.5 Å². The largest absolute Gasteiger partial charge is 0.507 e. The Morgan fingerprint density at radius 3 is 2.64 bits per heavy atom. The molecule has 112 valence electrons. The molecular formula is C15H10ClNO5. The number of phenolic OH excluding ortho intramolecular Hbond substituents is 1. The lowest BCUT2D eigenvalue weighted by molar-refractivity contribution is -0.384. The van der Waals surface area contributed by atoms with E-state index in [1.165, 1.54) is 24.3 Å². The summed E-state index contributed by atoms with van der Waals surface area (Å²) >= 11 is 5.81. The highest BCUT2D eigenvalue weighted by atomic mass is 35.5. The summed E-state index contributed by atoms with van der Waals surface area (Å²) in [7, 11) is 0. The topological polar surface area (TPSA) is 89.7 Å². The number of aromatic hydroxyl groups is 1. The van der Waals surface area contributed by atoms with Crippen molar-refractivity contribution < 1.29 is 19.6 Å². The van der Waals surface area contributed by atoms with Gasteiger partial charge in [0.2, 0.25) is 0 Å². The van der Waals surface area contributed by atoms with Crippen molar-refractivity contribution in [1.82, 2.24) is 0 Å². The summed E-state index contributed by atoms with van der Waals surface area (Å²) < 4.78 is 4.98. The molecule has 2 aromatic rings. The van der Waals surface area contributed by atoms with E-state index in [1.807, 2.05) is 0 Å². The number of hydrogen-bond donors (Lipinski definition) is 1. The molecule has 1 N–H and O–H groups in total. The molecule has 0 aliphatic rings. The van der Waals surface area contributed by atoms with Gasteiger partial charge in [-0.2, -0.15) is 0 Å². The van der Waals surface area contributed by atoms with Gasteiger partial charge in [-0.3, -0.25) is 10.1 Å². The number of nitro groups is 1. The van der Waals surface area contributed by atoms with Gasteiger partial charge in [0.1, 0.15) is 11.5 Å². The summed E-state index contributed by atoms with van der Waals surface area (Å²) in [5.41, 5.74) is 0.254. The van der Waals surface area contributed by atoms with Crippen LogP contribution in [0.3, 0.4) is 0 Å². The number of nitrogens with zero attached hydrogens (tertiary/aromatic N) is 1. The molecule has 0 fully saturated rings. The maximum atomic E-state index is 11.7. The van der Waals surface area contributed by atoms with Crippen LogP contribution in [0.15, 0.2) is 48.5 Å². The first-order valence-corrected chi connectivity index (χ1v) is 6.47. The summed E-state index contributed by atoms with van der Waals surface area (Å²) in [6.07, 6.45) is 2.50. The smallest absolute Gasteiger partial charge is 0.336 e. The number of non-ortho nitro benzene ring substituents is 1. The predicted octanol–water partition coefficient (Wildman–Crippen LogP) is 3.57. The Hall–Kier alpha value is -2.86. The first-order valence-electron chi connectivity index (χ1n) is 6.09. The van der Waals surface area contributed by atoms with Crippen LogP contribution < -0.4 is 4.74 Å². The molecule has 0 bridgehead atoms. The highest BCUT2D eigenvalue weighted by Crippen LogP contribution is 2.28. The minimum atomic E-state index is -0.723. The molecule has 2 aromatic carbocycles. The average Bonchev–Trinajstić information content (AvgIpc) is 2.48. The maximum absolute atomic E-state index is 11.7. The summed E-state index contributed by atoms with van der Waals surface area (Å²) in [5, 5.41) is 20.1. The van der Waals surface area contributed by atoms with Crippen molar-refractivity contribution in [2.75, 3.05) is 0 Å². The first-order chi connectivity index (χ1) is 10.5. The van der Waals surface area contributed by atoms with Gasteiger partial charge < -0.3 is 9.84 Å². The van der Waals surface area contributed by atoms with Crippen molar-refractivity contribution in [3.05, 3.63) is 69.2 Å². The lowest BCUT2D eigenvalue weighted by atomic mass is 10.2. The Labute approximate surface area is 130 Å². The lowest BCUT2D eigenvalue weighted by Gasteiger charge is -2.03. The van der Waals surface area contributed by atoms with Crippen LogP contribution in [0.2, 0.25) is 5.02 Å². The van der Waals surface area contributed by atoms with Gasteiger partial charge in [0.25, 0.3) is 5.69 Å². The van der Waals surface area contributed by atoms with Gasteiger partial charge in [-0.25, -0.2) is 4.79 Å². The van der Waals surface area contributed by atoms with Crippen molar-refractivity contribution >= 4 is 29.3 Å². The van der Waals surface area contributed by atoms with Gasteiger partial charge in [0, 0.05) is 23.8 Å². The number of ether oxygens (including phenoxy) is 1. The summed E-state index contributed by atoms with van der Waals surface area (Å²) in [5.74, 6) is -0.682. The zero-order chi connectivity index (χ0) is 16.1. The third-order valence-corrected chi connectivity index (χ3v) is 2.97. The van der Waals surface area contributed by atoms with E-state index in [0.29, 0.717) is 5.56 Å². The molecule has 0 saturated carbocycles. The van der Waals surface area contributed by atoms with Gasteiger partial charge in [-0.15, -0.1) is 0 Å². The molecule has 22 heavy (non-hydrogen) atoms. The molecule has 0 aliphatic carbocycles. The van der Waals surface area contributed by atoms with Crippen LogP contribution in [-0.4, -0.2) is 16.0 Å². The van der Waals surface area contributed by atoms with Crippen LogP contribution in [0.25, 0.3) is 6.08 Å². The van der Waals surface area contributed by atoms with Gasteiger partial charge >= 0.3 is 5.97 Å². The minimum Gasteiger partial charge on any atom is -0.507 e. The van der Waals surface area contributed by atoms with Crippen LogP contribution in [-0.2, 0) is 4.79 Å². The fourth-order valence-corrected chi connectivity index (χ4v) is 1.83. The van der Waals surface area contributed by atoms with E-state index in [9.17, 15) is 20.0 Å². The molecule has 0 heterocycles. The molecule has 0 unspecified atom stereocenters. The highest BCUT2D eigenvalue weighted by molar-refractivity contribution is 6.32. The second kappa shape index (κ2) is 6.73. The van der Waals surface area contributed by atoms with E-state index in [-0.39, 0.29) is 22.2 Å².